The number of benzene rings is 1. The highest BCUT2D eigenvalue weighted by molar-refractivity contribution is 5.77. The third-order valence-corrected chi connectivity index (χ3v) is 3.32. The summed E-state index contributed by atoms with van der Waals surface area (Å²) < 4.78 is 10.6. The van der Waals surface area contributed by atoms with Crippen molar-refractivity contribution in [1.29, 1.82) is 0 Å². The van der Waals surface area contributed by atoms with Crippen LogP contribution in [-0.2, 0) is 6.54 Å². The molecule has 1 unspecified atom stereocenters. The van der Waals surface area contributed by atoms with Gasteiger partial charge in [-0.05, 0) is 24.7 Å². The maximum atomic E-state index is 11.8. The average Bonchev–Trinajstić information content (AvgIpc) is 2.97. The zero-order valence-corrected chi connectivity index (χ0v) is 10.8. The topological polar surface area (TPSA) is 62.8 Å². The summed E-state index contributed by atoms with van der Waals surface area (Å²) in [7, 11) is 1.88. The van der Waals surface area contributed by atoms with Crippen molar-refractivity contribution < 1.29 is 14.3 Å². The summed E-state index contributed by atoms with van der Waals surface area (Å²) >= 11 is 0. The van der Waals surface area contributed by atoms with Gasteiger partial charge in [0, 0.05) is 19.6 Å². The molecule has 2 heterocycles. The fraction of sp³-hybridized carbons (Fsp3) is 0.462. The Bertz CT molecular complexity index is 492. The van der Waals surface area contributed by atoms with Crippen LogP contribution in [0.2, 0.25) is 0 Å². The number of amides is 2. The van der Waals surface area contributed by atoms with Gasteiger partial charge in [-0.2, -0.15) is 0 Å². The number of nitrogens with zero attached hydrogens (tertiary/aromatic N) is 1. The molecule has 0 aromatic heterocycles. The van der Waals surface area contributed by atoms with Crippen molar-refractivity contribution in [3.63, 3.8) is 0 Å². The van der Waals surface area contributed by atoms with Gasteiger partial charge in [0.05, 0.1) is 6.04 Å². The molecule has 3 rings (SSSR count). The van der Waals surface area contributed by atoms with E-state index in [2.05, 4.69) is 10.6 Å². The Morgan fingerprint density at radius 1 is 1.42 bits per heavy atom. The molecule has 1 aromatic carbocycles. The molecule has 2 N–H and O–H groups in total. The zero-order valence-electron chi connectivity index (χ0n) is 10.8. The molecule has 0 spiro atoms. The van der Waals surface area contributed by atoms with E-state index in [1.165, 1.54) is 0 Å². The number of urea groups is 1. The van der Waals surface area contributed by atoms with Gasteiger partial charge in [-0.1, -0.05) is 6.07 Å². The number of ether oxygens (including phenoxy) is 2. The lowest BCUT2D eigenvalue weighted by molar-refractivity contribution is 0.174. The first kappa shape index (κ1) is 12.1. The number of rotatable bonds is 4. The number of carbonyl (C=O) groups is 1. The van der Waals surface area contributed by atoms with Gasteiger partial charge in [-0.15, -0.1) is 0 Å². The van der Waals surface area contributed by atoms with E-state index in [0.717, 1.165) is 23.6 Å². The van der Waals surface area contributed by atoms with Crippen LogP contribution in [0.1, 0.15) is 5.56 Å². The molecular weight excluding hydrogens is 246 g/mol. The van der Waals surface area contributed by atoms with Crippen LogP contribution in [0.5, 0.6) is 11.5 Å². The van der Waals surface area contributed by atoms with Gasteiger partial charge >= 0.3 is 6.03 Å². The number of hydrogen-bond acceptors (Lipinski definition) is 4. The van der Waals surface area contributed by atoms with E-state index in [9.17, 15) is 4.79 Å². The molecule has 0 radical (unpaired) electrons. The Balaban J connectivity index is 1.67. The highest BCUT2D eigenvalue weighted by Crippen LogP contribution is 2.32. The van der Waals surface area contributed by atoms with Crippen molar-refractivity contribution in [3.8, 4) is 11.5 Å². The first-order valence-corrected chi connectivity index (χ1v) is 6.35. The molecule has 2 aliphatic rings. The first-order valence-electron chi connectivity index (χ1n) is 6.35. The normalized spacial score (nSPS) is 20.8. The Labute approximate surface area is 111 Å². The molecule has 19 heavy (non-hydrogen) atoms. The smallest absolute Gasteiger partial charge is 0.318 e. The number of nitrogens with one attached hydrogen (secondary N) is 2. The summed E-state index contributed by atoms with van der Waals surface area (Å²) in [5.41, 5.74) is 1.05. The second-order valence-electron chi connectivity index (χ2n) is 4.77. The van der Waals surface area contributed by atoms with E-state index >= 15 is 0 Å². The Morgan fingerprint density at radius 3 is 3.11 bits per heavy atom. The third kappa shape index (κ3) is 2.44. The predicted molar refractivity (Wildman–Crippen MR) is 69.2 cm³/mol. The summed E-state index contributed by atoms with van der Waals surface area (Å²) in [6, 6.07) is 5.94. The molecular formula is C13H17N3O3. The van der Waals surface area contributed by atoms with E-state index in [4.69, 9.17) is 9.47 Å². The van der Waals surface area contributed by atoms with Gasteiger partial charge in [0.25, 0.3) is 0 Å². The largest absolute Gasteiger partial charge is 0.454 e. The van der Waals surface area contributed by atoms with Crippen molar-refractivity contribution in [3.05, 3.63) is 23.8 Å². The Morgan fingerprint density at radius 2 is 2.26 bits per heavy atom. The van der Waals surface area contributed by atoms with Crippen LogP contribution in [0.25, 0.3) is 0 Å². The Kier molecular flexibility index (Phi) is 3.16. The highest BCUT2D eigenvalue weighted by atomic mass is 16.7. The molecule has 6 nitrogen and oxygen atoms in total. The van der Waals surface area contributed by atoms with Crippen LogP contribution in [0.3, 0.4) is 0 Å². The quantitative estimate of drug-likeness (QED) is 0.831. The summed E-state index contributed by atoms with van der Waals surface area (Å²) in [5, 5.41) is 6.02. The van der Waals surface area contributed by atoms with Crippen LogP contribution in [0.15, 0.2) is 18.2 Å². The molecule has 1 fully saturated rings. The standard InChI is InChI=1S/C13H17N3O3/c1-14-5-10-7-16(13(17)15-10)6-9-2-3-11-12(4-9)19-8-18-11/h2-4,10,14H,5-8H2,1H3,(H,15,17). The minimum absolute atomic E-state index is 0.0158. The van der Waals surface area contributed by atoms with Gasteiger partial charge < -0.3 is 25.0 Å². The van der Waals surface area contributed by atoms with Crippen molar-refractivity contribution in [2.45, 2.75) is 12.6 Å². The first-order chi connectivity index (χ1) is 9.26. The minimum atomic E-state index is -0.0158. The van der Waals surface area contributed by atoms with Crippen molar-refractivity contribution in [2.75, 3.05) is 26.9 Å². The molecule has 1 atom stereocenters. The fourth-order valence-electron chi connectivity index (χ4n) is 2.42. The van der Waals surface area contributed by atoms with Gasteiger partial charge in [-0.3, -0.25) is 0 Å². The van der Waals surface area contributed by atoms with Crippen molar-refractivity contribution in [1.82, 2.24) is 15.5 Å². The maximum absolute atomic E-state index is 11.8. The summed E-state index contributed by atoms with van der Waals surface area (Å²) in [6.45, 7) is 2.35. The second-order valence-corrected chi connectivity index (χ2v) is 4.77. The van der Waals surface area contributed by atoms with Crippen LogP contribution in [0.4, 0.5) is 4.79 Å². The maximum Gasteiger partial charge on any atom is 0.318 e. The van der Waals surface area contributed by atoms with Crippen LogP contribution < -0.4 is 20.1 Å². The van der Waals surface area contributed by atoms with Crippen LogP contribution >= 0.6 is 0 Å². The number of hydrogen-bond donors (Lipinski definition) is 2. The van der Waals surface area contributed by atoms with Gasteiger partial charge in [0.2, 0.25) is 6.79 Å². The second kappa shape index (κ2) is 4.97. The highest BCUT2D eigenvalue weighted by Gasteiger charge is 2.28. The lowest BCUT2D eigenvalue weighted by Crippen LogP contribution is -2.35. The summed E-state index contributed by atoms with van der Waals surface area (Å²) in [5.74, 6) is 1.52. The monoisotopic (exact) mass is 263 g/mol. The van der Waals surface area contributed by atoms with Gasteiger partial charge in [0.15, 0.2) is 11.5 Å². The average molecular weight is 263 g/mol. The predicted octanol–water partition coefficient (Wildman–Crippen LogP) is 0.528. The van der Waals surface area contributed by atoms with Crippen molar-refractivity contribution in [2.24, 2.45) is 0 Å². The van der Waals surface area contributed by atoms with E-state index in [0.29, 0.717) is 13.1 Å². The molecule has 102 valence electrons. The van der Waals surface area contributed by atoms with Crippen molar-refractivity contribution >= 4 is 6.03 Å². The van der Waals surface area contributed by atoms with Gasteiger partial charge in [-0.25, -0.2) is 4.79 Å². The molecule has 1 saturated heterocycles. The van der Waals surface area contributed by atoms with Crippen LogP contribution in [-0.4, -0.2) is 43.9 Å². The SMILES string of the molecule is CNCC1CN(Cc2ccc3c(c2)OCO3)C(=O)N1. The zero-order chi connectivity index (χ0) is 13.2. The lowest BCUT2D eigenvalue weighted by atomic mass is 10.2. The van der Waals surface area contributed by atoms with E-state index < -0.39 is 0 Å². The Hall–Kier alpha value is -1.95. The van der Waals surface area contributed by atoms with Crippen LogP contribution in [0, 0.1) is 0 Å². The summed E-state index contributed by atoms with van der Waals surface area (Å²) in [6.07, 6.45) is 0. The molecule has 1 aromatic rings. The van der Waals surface area contributed by atoms with E-state index in [1.807, 2.05) is 25.2 Å². The molecule has 0 saturated carbocycles. The molecule has 0 bridgehead atoms. The fourth-order valence-corrected chi connectivity index (χ4v) is 2.42. The number of likely N-dealkylation sites (N-methyl/N-ethyl adjacent to an activating group) is 1. The third-order valence-electron chi connectivity index (χ3n) is 3.32. The number of fused-ring (bicyclic) bond motifs is 1. The molecule has 2 aliphatic heterocycles. The lowest BCUT2D eigenvalue weighted by Gasteiger charge is -2.15. The summed E-state index contributed by atoms with van der Waals surface area (Å²) in [4.78, 5) is 13.6. The number of carbonyl (C=O) groups excluding carboxylic acids is 1. The van der Waals surface area contributed by atoms with E-state index in [-0.39, 0.29) is 18.9 Å². The van der Waals surface area contributed by atoms with Gasteiger partial charge in [0.1, 0.15) is 0 Å². The molecule has 0 aliphatic carbocycles. The molecule has 6 heteroatoms. The molecule has 2 amide bonds. The van der Waals surface area contributed by atoms with E-state index in [1.54, 1.807) is 4.90 Å². The minimum Gasteiger partial charge on any atom is -0.454 e.